The van der Waals surface area contributed by atoms with Crippen LogP contribution in [0.1, 0.15) is 69.9 Å². The fourth-order valence-electron chi connectivity index (χ4n) is 4.52. The van der Waals surface area contributed by atoms with Crippen molar-refractivity contribution in [1.29, 1.82) is 0 Å². The minimum absolute atomic E-state index is 0.00983. The molecule has 28 heavy (non-hydrogen) atoms. The molecule has 1 nitrogen and oxygen atoms in total. The van der Waals surface area contributed by atoms with Crippen molar-refractivity contribution < 1.29 is 17.6 Å². The van der Waals surface area contributed by atoms with Gasteiger partial charge in [-0.1, -0.05) is 18.2 Å². The van der Waals surface area contributed by atoms with Crippen LogP contribution in [0.15, 0.2) is 47.7 Å². The minimum atomic E-state index is -4.72. The van der Waals surface area contributed by atoms with Gasteiger partial charge < -0.3 is 5.32 Å². The summed E-state index contributed by atoms with van der Waals surface area (Å²) in [6, 6.07) is 3.25. The molecule has 3 rings (SSSR count). The zero-order chi connectivity index (χ0) is 20.5. The zero-order valence-corrected chi connectivity index (χ0v) is 16.5. The molecule has 1 spiro atoms. The van der Waals surface area contributed by atoms with E-state index in [9.17, 15) is 17.6 Å². The molecular weight excluding hydrogens is 366 g/mol. The average molecular weight is 393 g/mol. The lowest BCUT2D eigenvalue weighted by atomic mass is 9.73. The van der Waals surface area contributed by atoms with E-state index in [1.54, 1.807) is 0 Å². The fraction of sp³-hybridized carbons (Fsp3) is 0.478. The molecule has 1 unspecified atom stereocenters. The predicted octanol–water partition coefficient (Wildman–Crippen LogP) is 7.37. The third-order valence-corrected chi connectivity index (χ3v) is 6.23. The first kappa shape index (κ1) is 20.7. The summed E-state index contributed by atoms with van der Waals surface area (Å²) in [4.78, 5) is 0. The molecule has 0 bridgehead atoms. The molecule has 1 atom stereocenters. The molecule has 1 aromatic rings. The summed E-state index contributed by atoms with van der Waals surface area (Å²) >= 11 is 0. The summed E-state index contributed by atoms with van der Waals surface area (Å²) in [5.74, 6) is -1.24. The maximum Gasteiger partial charge on any atom is 0.419 e. The molecule has 1 fully saturated rings. The number of alkyl halides is 3. The van der Waals surface area contributed by atoms with Gasteiger partial charge in [0.05, 0.1) is 5.56 Å². The number of rotatable bonds is 1. The van der Waals surface area contributed by atoms with Crippen LogP contribution >= 0.6 is 0 Å². The Morgan fingerprint density at radius 2 is 1.82 bits per heavy atom. The van der Waals surface area contributed by atoms with Crippen LogP contribution in [0.2, 0.25) is 0 Å². The highest BCUT2D eigenvalue weighted by molar-refractivity contribution is 5.69. The predicted molar refractivity (Wildman–Crippen MR) is 105 cm³/mol. The highest BCUT2D eigenvalue weighted by atomic mass is 19.4. The van der Waals surface area contributed by atoms with E-state index in [1.807, 2.05) is 19.9 Å². The molecule has 5 heteroatoms. The third kappa shape index (κ3) is 4.03. The van der Waals surface area contributed by atoms with Gasteiger partial charge in [-0.15, -0.1) is 0 Å². The second kappa shape index (κ2) is 7.76. The van der Waals surface area contributed by atoms with Crippen molar-refractivity contribution in [3.63, 3.8) is 0 Å². The van der Waals surface area contributed by atoms with E-state index in [4.69, 9.17) is 0 Å². The Kier molecular flexibility index (Phi) is 5.74. The molecule has 152 valence electrons. The van der Waals surface area contributed by atoms with Gasteiger partial charge >= 0.3 is 6.18 Å². The lowest BCUT2D eigenvalue weighted by Crippen LogP contribution is -2.29. The van der Waals surface area contributed by atoms with Gasteiger partial charge in [0.25, 0.3) is 0 Å². The van der Waals surface area contributed by atoms with Gasteiger partial charge in [-0.3, -0.25) is 0 Å². The molecule has 1 N–H and O–H groups in total. The average Bonchev–Trinajstić information content (AvgIpc) is 2.90. The van der Waals surface area contributed by atoms with Crippen LogP contribution in [0, 0.1) is 11.2 Å². The van der Waals surface area contributed by atoms with Crippen molar-refractivity contribution >= 4 is 5.70 Å². The maximum atomic E-state index is 13.7. The molecule has 1 heterocycles. The first-order valence-electron chi connectivity index (χ1n) is 9.83. The first-order chi connectivity index (χ1) is 13.2. The Labute approximate surface area is 164 Å². The van der Waals surface area contributed by atoms with E-state index < -0.39 is 17.6 Å². The summed E-state index contributed by atoms with van der Waals surface area (Å²) in [6.45, 7) is 8.06. The van der Waals surface area contributed by atoms with Crippen molar-refractivity contribution in [2.45, 2.75) is 65.0 Å². The van der Waals surface area contributed by atoms with Crippen LogP contribution in [0.25, 0.3) is 5.70 Å². The fourth-order valence-corrected chi connectivity index (χ4v) is 4.52. The van der Waals surface area contributed by atoms with Crippen molar-refractivity contribution in [2.24, 2.45) is 5.41 Å². The minimum Gasteiger partial charge on any atom is -0.358 e. The summed E-state index contributed by atoms with van der Waals surface area (Å²) in [6.07, 6.45) is 4.19. The number of hydrogen-bond donors (Lipinski definition) is 1. The van der Waals surface area contributed by atoms with Crippen LogP contribution in [0.4, 0.5) is 17.6 Å². The van der Waals surface area contributed by atoms with Gasteiger partial charge in [-0.05, 0) is 88.1 Å². The Balaban J connectivity index is 1.99. The lowest BCUT2D eigenvalue weighted by molar-refractivity contribution is -0.140. The summed E-state index contributed by atoms with van der Waals surface area (Å²) < 4.78 is 53.3. The van der Waals surface area contributed by atoms with Crippen molar-refractivity contribution in [2.75, 3.05) is 0 Å². The molecule has 0 radical (unpaired) electrons. The highest BCUT2D eigenvalue weighted by Gasteiger charge is 2.38. The number of halogens is 4. The van der Waals surface area contributed by atoms with Crippen LogP contribution in [-0.2, 0) is 6.18 Å². The second-order valence-electron chi connectivity index (χ2n) is 8.06. The Hall–Kier alpha value is -2.04. The molecule has 1 aliphatic carbocycles. The van der Waals surface area contributed by atoms with E-state index >= 15 is 0 Å². The molecule has 1 aromatic carbocycles. The van der Waals surface area contributed by atoms with Crippen LogP contribution in [0.3, 0.4) is 0 Å². The van der Waals surface area contributed by atoms with Gasteiger partial charge in [0.2, 0.25) is 0 Å². The largest absolute Gasteiger partial charge is 0.419 e. The molecule has 1 saturated carbocycles. The van der Waals surface area contributed by atoms with Gasteiger partial charge in [-0.2, -0.15) is 13.2 Å². The molecule has 2 aliphatic rings. The molecule has 0 amide bonds. The molecule has 1 aliphatic heterocycles. The normalized spacial score (nSPS) is 25.6. The van der Waals surface area contributed by atoms with Crippen molar-refractivity contribution in [3.8, 4) is 0 Å². The summed E-state index contributed by atoms with van der Waals surface area (Å²) in [5.41, 5.74) is 3.14. The number of hydrogen-bond acceptors (Lipinski definition) is 1. The second-order valence-corrected chi connectivity index (χ2v) is 8.06. The van der Waals surface area contributed by atoms with Gasteiger partial charge in [-0.25, -0.2) is 4.39 Å². The topological polar surface area (TPSA) is 12.0 Å². The standard InChI is InChI=1S/C23H27F4N/c1-4-20-22(11-5-6-15(2)9-12-22)13-10-16(3)21(28-20)17-7-8-19(24)18(14-17)23(25,26)27/h4,7-8,14,28H,2,5-6,9-13H2,1,3H3. The van der Waals surface area contributed by atoms with E-state index in [0.29, 0.717) is 11.3 Å². The monoisotopic (exact) mass is 393 g/mol. The number of allylic oxidation sites excluding steroid dienone is 4. The van der Waals surface area contributed by atoms with E-state index in [0.717, 1.165) is 68.3 Å². The maximum absolute atomic E-state index is 13.7. The SMILES string of the molecule is C=C1CCCC2(CC1)CCC(C)=C(c1ccc(F)c(C(F)(F)F)c1)NC2=CC. The lowest BCUT2D eigenvalue weighted by Gasteiger charge is -2.35. The third-order valence-electron chi connectivity index (χ3n) is 6.23. The smallest absolute Gasteiger partial charge is 0.358 e. The first-order valence-corrected chi connectivity index (χ1v) is 9.83. The van der Waals surface area contributed by atoms with Gasteiger partial charge in [0.1, 0.15) is 5.82 Å². The quantitative estimate of drug-likeness (QED) is 0.388. The van der Waals surface area contributed by atoms with Crippen molar-refractivity contribution in [1.82, 2.24) is 5.32 Å². The van der Waals surface area contributed by atoms with E-state index in [1.165, 1.54) is 11.6 Å². The highest BCUT2D eigenvalue weighted by Crippen LogP contribution is 2.48. The van der Waals surface area contributed by atoms with Gasteiger partial charge in [0, 0.05) is 16.8 Å². The Morgan fingerprint density at radius 1 is 1.11 bits per heavy atom. The summed E-state index contributed by atoms with van der Waals surface area (Å²) in [5, 5.41) is 3.45. The van der Waals surface area contributed by atoms with Crippen molar-refractivity contribution in [3.05, 3.63) is 64.6 Å². The Morgan fingerprint density at radius 3 is 2.50 bits per heavy atom. The number of benzene rings is 1. The summed E-state index contributed by atoms with van der Waals surface area (Å²) in [7, 11) is 0. The molecule has 0 saturated heterocycles. The van der Waals surface area contributed by atoms with Crippen LogP contribution in [0.5, 0.6) is 0 Å². The molecule has 0 aromatic heterocycles. The van der Waals surface area contributed by atoms with E-state index in [-0.39, 0.29) is 5.41 Å². The van der Waals surface area contributed by atoms with Crippen LogP contribution < -0.4 is 5.32 Å². The molecular formula is C23H27F4N. The number of nitrogens with one attached hydrogen (secondary N) is 1. The Bertz CT molecular complexity index is 831. The van der Waals surface area contributed by atoms with Crippen LogP contribution in [-0.4, -0.2) is 0 Å². The van der Waals surface area contributed by atoms with E-state index in [2.05, 4.69) is 11.9 Å². The van der Waals surface area contributed by atoms with Gasteiger partial charge in [0.15, 0.2) is 0 Å². The zero-order valence-electron chi connectivity index (χ0n) is 16.5.